The molecule has 1 aromatic carbocycles. The average molecular weight is 678 g/mol. The Morgan fingerprint density at radius 3 is 2.53 bits per heavy atom. The number of benzene rings is 1. The molecule has 45 heavy (non-hydrogen) atoms. The number of carbonyl (C=O) groups is 1. The van der Waals surface area contributed by atoms with E-state index in [-0.39, 0.29) is 17.1 Å². The van der Waals surface area contributed by atoms with Crippen LogP contribution in [0.3, 0.4) is 0 Å². The van der Waals surface area contributed by atoms with Gasteiger partial charge in [-0.3, -0.25) is 14.8 Å². The van der Waals surface area contributed by atoms with Crippen LogP contribution in [0.2, 0.25) is 5.02 Å². The summed E-state index contributed by atoms with van der Waals surface area (Å²) >= 11 is 13.1. The van der Waals surface area contributed by atoms with Gasteiger partial charge in [-0.2, -0.15) is 16.9 Å². The molecular formula is C32H45ClFN7O2S2. The number of anilines is 3. The van der Waals surface area contributed by atoms with E-state index in [1.807, 2.05) is 12.5 Å². The lowest BCUT2D eigenvalue weighted by Crippen LogP contribution is -2.47. The summed E-state index contributed by atoms with van der Waals surface area (Å²) in [6.45, 7) is 11.5. The minimum atomic E-state index is -0.444. The van der Waals surface area contributed by atoms with Crippen LogP contribution in [0.25, 0.3) is 11.3 Å². The quantitative estimate of drug-likeness (QED) is 0.213. The summed E-state index contributed by atoms with van der Waals surface area (Å²) in [4.78, 5) is 21.4. The smallest absolute Gasteiger partial charge is 0.239 e. The molecule has 0 saturated carbocycles. The number of fused-ring (bicyclic) bond motifs is 2. The normalized spacial score (nSPS) is 17.6. The first-order valence-electron chi connectivity index (χ1n) is 14.9. The van der Waals surface area contributed by atoms with Crippen molar-refractivity contribution in [3.63, 3.8) is 0 Å². The van der Waals surface area contributed by atoms with Crippen molar-refractivity contribution in [2.75, 3.05) is 56.4 Å². The van der Waals surface area contributed by atoms with Crippen LogP contribution in [0.4, 0.5) is 21.6 Å². The number of aromatic nitrogens is 3. The zero-order valence-corrected chi connectivity index (χ0v) is 29.5. The predicted molar refractivity (Wildman–Crippen MR) is 188 cm³/mol. The highest BCUT2D eigenvalue weighted by Crippen LogP contribution is 2.30. The Labute approximate surface area is 280 Å². The van der Waals surface area contributed by atoms with Crippen molar-refractivity contribution in [1.29, 1.82) is 0 Å². The van der Waals surface area contributed by atoms with Crippen LogP contribution in [0.5, 0.6) is 0 Å². The summed E-state index contributed by atoms with van der Waals surface area (Å²) in [5.74, 6) is -0.110. The van der Waals surface area contributed by atoms with Crippen molar-refractivity contribution in [1.82, 2.24) is 25.0 Å². The highest BCUT2D eigenvalue weighted by atomic mass is 35.5. The molecule has 0 aliphatic carbocycles. The summed E-state index contributed by atoms with van der Waals surface area (Å²) in [5.41, 5.74) is 1.85. The number of likely N-dealkylation sites (N-methyl/N-ethyl adjacent to an activating group) is 1. The molecule has 3 aromatic rings. The Balaban J connectivity index is 0.000000434. The van der Waals surface area contributed by atoms with Gasteiger partial charge in [-0.15, -0.1) is 0 Å². The van der Waals surface area contributed by atoms with Crippen LogP contribution in [0.1, 0.15) is 40.5 Å². The van der Waals surface area contributed by atoms with Crippen molar-refractivity contribution < 1.29 is 13.9 Å². The zero-order valence-electron chi connectivity index (χ0n) is 27.1. The Morgan fingerprint density at radius 1 is 1.20 bits per heavy atom. The number of amides is 1. The van der Waals surface area contributed by atoms with E-state index in [2.05, 4.69) is 70.4 Å². The molecule has 2 atom stereocenters. The summed E-state index contributed by atoms with van der Waals surface area (Å²) < 4.78 is 20.0. The SMILES string of the molecule is CCCOC(C)(C)C.CN1CC2CC1CN2CC(=O)Nc1cc(Nc2cc(-c3cc(Cl)ccc3F)n[nH]c2=S)ccn1.CSC. The number of halogens is 2. The van der Waals surface area contributed by atoms with Gasteiger partial charge in [-0.25, -0.2) is 9.37 Å². The Hall–Kier alpha value is -2.61. The number of likely N-dealkylation sites (tertiary alicyclic amines) is 2. The average Bonchev–Trinajstić information content (AvgIpc) is 3.54. The largest absolute Gasteiger partial charge is 0.376 e. The second-order valence-corrected chi connectivity index (χ2v) is 13.7. The topological polar surface area (TPSA) is 98.4 Å². The van der Waals surface area contributed by atoms with E-state index < -0.39 is 5.82 Å². The molecule has 2 aliphatic heterocycles. The van der Waals surface area contributed by atoms with E-state index in [9.17, 15) is 9.18 Å². The molecule has 1 amide bonds. The number of rotatable bonds is 8. The molecule has 0 spiro atoms. The second kappa shape index (κ2) is 17.3. The highest BCUT2D eigenvalue weighted by molar-refractivity contribution is 7.97. The van der Waals surface area contributed by atoms with Crippen molar-refractivity contribution in [2.45, 2.75) is 58.2 Å². The fourth-order valence-electron chi connectivity index (χ4n) is 4.98. The Morgan fingerprint density at radius 2 is 1.93 bits per heavy atom. The second-order valence-electron chi connectivity index (χ2n) is 12.0. The van der Waals surface area contributed by atoms with Crippen LogP contribution in [-0.4, -0.2) is 94.4 Å². The number of hydrogen-bond donors (Lipinski definition) is 3. The van der Waals surface area contributed by atoms with Crippen molar-refractivity contribution in [3.05, 3.63) is 58.1 Å². The van der Waals surface area contributed by atoms with Crippen molar-refractivity contribution >= 4 is 58.7 Å². The molecule has 2 aromatic heterocycles. The maximum atomic E-state index is 14.3. The van der Waals surface area contributed by atoms with Gasteiger partial charge in [0.2, 0.25) is 5.91 Å². The van der Waals surface area contributed by atoms with E-state index in [4.69, 9.17) is 28.6 Å². The van der Waals surface area contributed by atoms with Crippen molar-refractivity contribution in [3.8, 4) is 11.3 Å². The first kappa shape index (κ1) is 36.9. The van der Waals surface area contributed by atoms with Crippen LogP contribution in [0.15, 0.2) is 42.6 Å². The van der Waals surface area contributed by atoms with E-state index in [1.165, 1.54) is 18.2 Å². The zero-order chi connectivity index (χ0) is 33.1. The van der Waals surface area contributed by atoms with Gasteiger partial charge in [0.1, 0.15) is 16.3 Å². The molecule has 2 aliphatic rings. The number of thioether (sulfide) groups is 1. The van der Waals surface area contributed by atoms with Gasteiger partial charge >= 0.3 is 0 Å². The number of pyridine rings is 1. The third-order valence-corrected chi connectivity index (χ3v) is 7.57. The van der Waals surface area contributed by atoms with Gasteiger partial charge in [0, 0.05) is 60.3 Å². The van der Waals surface area contributed by atoms with Gasteiger partial charge in [0.25, 0.3) is 0 Å². The van der Waals surface area contributed by atoms with Gasteiger partial charge in [-0.05, 0) is 83.5 Å². The molecule has 246 valence electrons. The third-order valence-electron chi connectivity index (χ3n) is 7.03. The minimum absolute atomic E-state index is 0.0516. The number of hydrogen-bond acceptors (Lipinski definition) is 9. The molecule has 9 nitrogen and oxygen atoms in total. The summed E-state index contributed by atoms with van der Waals surface area (Å²) in [7, 11) is 2.13. The number of carbonyl (C=O) groups excluding carboxylic acids is 1. The summed E-state index contributed by atoms with van der Waals surface area (Å²) in [6, 6.07) is 10.4. The minimum Gasteiger partial charge on any atom is -0.376 e. The van der Waals surface area contributed by atoms with Crippen LogP contribution < -0.4 is 10.6 Å². The van der Waals surface area contributed by atoms with Gasteiger partial charge in [-0.1, -0.05) is 30.7 Å². The van der Waals surface area contributed by atoms with Crippen LogP contribution in [-0.2, 0) is 9.53 Å². The molecule has 2 fully saturated rings. The van der Waals surface area contributed by atoms with Crippen molar-refractivity contribution in [2.24, 2.45) is 0 Å². The first-order chi connectivity index (χ1) is 21.3. The first-order valence-corrected chi connectivity index (χ1v) is 17.3. The molecule has 3 N–H and O–H groups in total. The molecule has 13 heteroatoms. The number of nitrogens with zero attached hydrogens (tertiary/aromatic N) is 4. The number of piperazine rings is 1. The maximum Gasteiger partial charge on any atom is 0.239 e. The molecule has 0 radical (unpaired) electrons. The van der Waals surface area contributed by atoms with E-state index >= 15 is 0 Å². The monoisotopic (exact) mass is 677 g/mol. The fourth-order valence-corrected chi connectivity index (χ4v) is 5.31. The van der Waals surface area contributed by atoms with Gasteiger partial charge in [0.15, 0.2) is 0 Å². The lowest BCUT2D eigenvalue weighted by Gasteiger charge is -2.31. The van der Waals surface area contributed by atoms with E-state index in [0.717, 1.165) is 32.5 Å². The van der Waals surface area contributed by atoms with E-state index in [1.54, 1.807) is 36.2 Å². The molecule has 2 bridgehead atoms. The van der Waals surface area contributed by atoms with Crippen LogP contribution in [0, 0.1) is 10.5 Å². The maximum absolute atomic E-state index is 14.3. The van der Waals surface area contributed by atoms with Gasteiger partial charge in [0.05, 0.1) is 23.5 Å². The number of aromatic amines is 1. The number of nitrogens with one attached hydrogen (secondary N) is 3. The summed E-state index contributed by atoms with van der Waals surface area (Å²) in [6.07, 6.45) is 7.91. The molecule has 4 heterocycles. The third kappa shape index (κ3) is 11.6. The Kier molecular flexibility index (Phi) is 14.2. The lowest BCUT2D eigenvalue weighted by molar-refractivity contribution is -0.117. The molecule has 2 unspecified atom stereocenters. The lowest BCUT2D eigenvalue weighted by atomic mass is 10.1. The van der Waals surface area contributed by atoms with Gasteiger partial charge < -0.3 is 20.3 Å². The Bertz CT molecular complexity index is 1470. The molecular weight excluding hydrogens is 633 g/mol. The van der Waals surface area contributed by atoms with E-state index in [0.29, 0.717) is 51.2 Å². The predicted octanol–water partition coefficient (Wildman–Crippen LogP) is 7.25. The molecule has 2 saturated heterocycles. The summed E-state index contributed by atoms with van der Waals surface area (Å²) in [5, 5.41) is 13.3. The number of ether oxygens (including phenoxy) is 1. The molecule has 5 rings (SSSR count). The fraction of sp³-hybridized carbons (Fsp3) is 0.500. The number of H-pyrrole nitrogens is 1. The van der Waals surface area contributed by atoms with Crippen LogP contribution >= 0.6 is 35.6 Å². The highest BCUT2D eigenvalue weighted by Gasteiger charge is 2.41. The standard InChI is InChI=1S/C23H23ClFN7OS.C7H16O.C2H6S/c1-31-10-16-8-15(31)11-32(16)12-22(33)28-21-7-14(4-5-26-21)27-20-9-19(29-30-23(20)34)17-6-13(24)2-3-18(17)25;1-5-6-8-7(2,3)4;1-3-2/h2-7,9,15-16H,8,10-12H2,1H3,(H,30,34)(H2,26,27,28,29,33);5-6H2,1-4H3;1-2H3.